The van der Waals surface area contributed by atoms with Gasteiger partial charge in [0.1, 0.15) is 6.17 Å². The van der Waals surface area contributed by atoms with Crippen LogP contribution < -0.4 is 16.0 Å². The molecule has 6 rings (SSSR count). The number of carbonyl (C=O) groups is 2. The molecule has 2 unspecified atom stereocenters. The second-order valence-electron chi connectivity index (χ2n) is 9.31. The second kappa shape index (κ2) is 8.29. The van der Waals surface area contributed by atoms with Crippen molar-refractivity contribution in [3.63, 3.8) is 0 Å². The largest absolute Gasteiger partial charge is 0.355 e. The van der Waals surface area contributed by atoms with Crippen LogP contribution in [-0.2, 0) is 17.6 Å². The highest BCUT2D eigenvalue weighted by molar-refractivity contribution is 6.03. The zero-order chi connectivity index (χ0) is 24.1. The van der Waals surface area contributed by atoms with Crippen LogP contribution in [-0.4, -0.2) is 41.3 Å². The molecule has 7 heteroatoms. The summed E-state index contributed by atoms with van der Waals surface area (Å²) in [6.45, 7) is 0.640. The van der Waals surface area contributed by atoms with Gasteiger partial charge in [-0.15, -0.1) is 0 Å². The minimum absolute atomic E-state index is 0.0633. The fraction of sp³-hybridized carbons (Fsp3) is 0.214. The fourth-order valence-electron chi connectivity index (χ4n) is 5.41. The number of benzene rings is 3. The van der Waals surface area contributed by atoms with Gasteiger partial charge in [-0.25, -0.2) is 0 Å². The number of anilines is 2. The highest BCUT2D eigenvalue weighted by Gasteiger charge is 2.41. The van der Waals surface area contributed by atoms with E-state index in [0.29, 0.717) is 18.7 Å². The molecule has 35 heavy (non-hydrogen) atoms. The summed E-state index contributed by atoms with van der Waals surface area (Å²) in [5.74, 6) is -0.147. The lowest BCUT2D eigenvalue weighted by Gasteiger charge is -2.46. The van der Waals surface area contributed by atoms with Crippen molar-refractivity contribution in [1.29, 1.82) is 0 Å². The number of H-pyrrole nitrogens is 1. The number of fused-ring (bicyclic) bond motifs is 6. The second-order valence-corrected chi connectivity index (χ2v) is 9.31. The Labute approximate surface area is 203 Å². The van der Waals surface area contributed by atoms with E-state index in [1.54, 1.807) is 0 Å². The maximum absolute atomic E-state index is 13.2. The van der Waals surface area contributed by atoms with Crippen LogP contribution >= 0.6 is 0 Å². The third-order valence-corrected chi connectivity index (χ3v) is 7.14. The molecule has 0 saturated carbocycles. The maximum Gasteiger partial charge on any atom is 0.257 e. The normalized spacial score (nSPS) is 17.5. The maximum atomic E-state index is 13.2. The third-order valence-electron chi connectivity index (χ3n) is 7.14. The molecule has 3 aromatic carbocycles. The Balaban J connectivity index is 1.29. The Kier molecular flexibility index (Phi) is 5.07. The van der Waals surface area contributed by atoms with Crippen LogP contribution in [0.25, 0.3) is 10.9 Å². The van der Waals surface area contributed by atoms with Gasteiger partial charge in [-0.05, 0) is 54.3 Å². The average Bonchev–Trinajstić information content (AvgIpc) is 3.25. The number of nitrogens with zero attached hydrogens (tertiary/aromatic N) is 2. The lowest BCUT2D eigenvalue weighted by atomic mass is 9.96. The molecule has 4 aromatic rings. The monoisotopic (exact) mass is 465 g/mol. The van der Waals surface area contributed by atoms with Crippen LogP contribution in [0.4, 0.5) is 11.4 Å². The van der Waals surface area contributed by atoms with E-state index < -0.39 is 6.04 Å². The standard InChI is InChI=1S/C28H27N5O2/c1-32-24-10-6-5-9-20(24)28(35)33-14-13-19-21-16-18(11-12-23(21)31-25(19)27(32)33)30-26(34)22(29)15-17-7-3-2-4-8-17/h2-12,16,22,27,31H,13-15,29H2,1H3,(H,30,34). The molecule has 176 valence electrons. The van der Waals surface area contributed by atoms with Gasteiger partial charge in [-0.2, -0.15) is 0 Å². The summed E-state index contributed by atoms with van der Waals surface area (Å²) >= 11 is 0. The van der Waals surface area contributed by atoms with E-state index in [1.807, 2.05) is 84.7 Å². The molecule has 7 nitrogen and oxygen atoms in total. The van der Waals surface area contributed by atoms with E-state index >= 15 is 0 Å². The Hall–Kier alpha value is -4.10. The number of nitrogens with two attached hydrogens (primary N) is 1. The first-order valence-corrected chi connectivity index (χ1v) is 11.9. The fourth-order valence-corrected chi connectivity index (χ4v) is 5.41. The zero-order valence-corrected chi connectivity index (χ0v) is 19.5. The average molecular weight is 466 g/mol. The molecule has 2 amide bonds. The third kappa shape index (κ3) is 3.56. The molecule has 2 aliphatic rings. The van der Waals surface area contributed by atoms with Crippen molar-refractivity contribution >= 4 is 34.1 Å². The number of hydrogen-bond donors (Lipinski definition) is 3. The van der Waals surface area contributed by atoms with Crippen LogP contribution in [0.2, 0.25) is 0 Å². The molecule has 0 aliphatic carbocycles. The Morgan fingerprint density at radius 3 is 2.71 bits per heavy atom. The van der Waals surface area contributed by atoms with Gasteiger partial charge < -0.3 is 25.8 Å². The van der Waals surface area contributed by atoms with E-state index in [9.17, 15) is 9.59 Å². The van der Waals surface area contributed by atoms with Crippen LogP contribution in [0.15, 0.2) is 72.8 Å². The van der Waals surface area contributed by atoms with Crippen molar-refractivity contribution in [2.24, 2.45) is 5.73 Å². The molecule has 0 fully saturated rings. The van der Waals surface area contributed by atoms with Crippen molar-refractivity contribution in [3.05, 3.63) is 95.2 Å². The van der Waals surface area contributed by atoms with Crippen LogP contribution in [0.5, 0.6) is 0 Å². The van der Waals surface area contributed by atoms with Crippen molar-refractivity contribution in [2.75, 3.05) is 23.8 Å². The topological polar surface area (TPSA) is 94.5 Å². The van der Waals surface area contributed by atoms with Gasteiger partial charge in [0, 0.05) is 30.2 Å². The highest BCUT2D eigenvalue weighted by atomic mass is 16.2. The predicted octanol–water partition coefficient (Wildman–Crippen LogP) is 3.82. The van der Waals surface area contributed by atoms with Gasteiger partial charge in [-0.3, -0.25) is 9.59 Å². The molecule has 0 bridgehead atoms. The van der Waals surface area contributed by atoms with E-state index in [2.05, 4.69) is 15.2 Å². The number of aromatic amines is 1. The number of amides is 2. The first-order chi connectivity index (χ1) is 17.0. The van der Waals surface area contributed by atoms with Gasteiger partial charge in [0.15, 0.2) is 0 Å². The minimum Gasteiger partial charge on any atom is -0.355 e. The minimum atomic E-state index is -0.635. The highest BCUT2D eigenvalue weighted by Crippen LogP contribution is 2.43. The summed E-state index contributed by atoms with van der Waals surface area (Å²) in [4.78, 5) is 33.6. The Bertz CT molecular complexity index is 1440. The molecule has 1 aromatic heterocycles. The number of nitrogens with one attached hydrogen (secondary N) is 2. The number of carbonyl (C=O) groups excluding carboxylic acids is 2. The molecular weight excluding hydrogens is 438 g/mol. The molecule has 3 heterocycles. The Morgan fingerprint density at radius 1 is 1.11 bits per heavy atom. The summed E-state index contributed by atoms with van der Waals surface area (Å²) in [5, 5.41) is 4.05. The van der Waals surface area contributed by atoms with Crippen LogP contribution in [0, 0.1) is 0 Å². The van der Waals surface area contributed by atoms with Crippen molar-refractivity contribution in [1.82, 2.24) is 9.88 Å². The zero-order valence-electron chi connectivity index (χ0n) is 19.5. The number of para-hydroxylation sites is 1. The van der Waals surface area contributed by atoms with Gasteiger partial charge in [0.2, 0.25) is 5.91 Å². The van der Waals surface area contributed by atoms with Crippen molar-refractivity contribution in [3.8, 4) is 0 Å². The summed E-state index contributed by atoms with van der Waals surface area (Å²) in [6.07, 6.45) is 1.04. The summed E-state index contributed by atoms with van der Waals surface area (Å²) in [6, 6.07) is 22.8. The lowest BCUT2D eigenvalue weighted by Crippen LogP contribution is -2.51. The summed E-state index contributed by atoms with van der Waals surface area (Å²) in [5.41, 5.74) is 12.8. The Morgan fingerprint density at radius 2 is 1.89 bits per heavy atom. The first kappa shape index (κ1) is 21.4. The van der Waals surface area contributed by atoms with Crippen molar-refractivity contribution in [2.45, 2.75) is 25.0 Å². The summed E-state index contributed by atoms with van der Waals surface area (Å²) < 4.78 is 0. The number of rotatable bonds is 4. The van der Waals surface area contributed by atoms with E-state index in [1.165, 1.54) is 5.56 Å². The van der Waals surface area contributed by atoms with E-state index in [4.69, 9.17) is 5.73 Å². The predicted molar refractivity (Wildman–Crippen MR) is 137 cm³/mol. The molecule has 4 N–H and O–H groups in total. The van der Waals surface area contributed by atoms with E-state index in [0.717, 1.165) is 39.8 Å². The number of aromatic nitrogens is 1. The lowest BCUT2D eigenvalue weighted by molar-refractivity contribution is -0.117. The van der Waals surface area contributed by atoms with E-state index in [-0.39, 0.29) is 18.0 Å². The van der Waals surface area contributed by atoms with Gasteiger partial charge in [0.25, 0.3) is 5.91 Å². The molecule has 2 aliphatic heterocycles. The molecule has 0 radical (unpaired) electrons. The molecule has 0 spiro atoms. The van der Waals surface area contributed by atoms with Gasteiger partial charge >= 0.3 is 0 Å². The quantitative estimate of drug-likeness (QED) is 0.427. The SMILES string of the molecule is CN1c2ccccc2C(=O)N2CCc3c([nH]c4ccc(NC(=O)C(N)Cc5ccccc5)cc34)C21. The van der Waals surface area contributed by atoms with Gasteiger partial charge in [0.05, 0.1) is 23.0 Å². The number of hydrogen-bond acceptors (Lipinski definition) is 4. The van der Waals surface area contributed by atoms with Gasteiger partial charge in [-0.1, -0.05) is 42.5 Å². The smallest absolute Gasteiger partial charge is 0.257 e. The summed E-state index contributed by atoms with van der Waals surface area (Å²) in [7, 11) is 2.03. The molecular formula is C28H27N5O2. The van der Waals surface area contributed by atoms with Crippen molar-refractivity contribution < 1.29 is 9.59 Å². The first-order valence-electron chi connectivity index (χ1n) is 11.9. The molecule has 2 atom stereocenters. The van der Waals surface area contributed by atoms with Crippen LogP contribution in [0.3, 0.4) is 0 Å². The molecule has 0 saturated heterocycles. The van der Waals surface area contributed by atoms with Crippen LogP contribution in [0.1, 0.15) is 33.3 Å².